The molecule has 0 aliphatic carbocycles. The highest BCUT2D eigenvalue weighted by molar-refractivity contribution is 5.85. The Bertz CT molecular complexity index is 343. The van der Waals surface area contributed by atoms with E-state index < -0.39 is 0 Å². The van der Waals surface area contributed by atoms with Gasteiger partial charge in [0.05, 0.1) is 6.04 Å². The number of hydrogen-bond donors (Lipinski definition) is 0. The Labute approximate surface area is 91.6 Å². The third kappa shape index (κ3) is 2.38. The van der Waals surface area contributed by atoms with E-state index in [0.717, 1.165) is 19.4 Å². The topological polar surface area (TPSA) is 15.6 Å². The van der Waals surface area contributed by atoms with Crippen LogP contribution >= 0.6 is 0 Å². The van der Waals surface area contributed by atoms with Crippen molar-refractivity contribution in [1.29, 1.82) is 0 Å². The first-order chi connectivity index (χ1) is 7.29. The third-order valence-electron chi connectivity index (χ3n) is 2.93. The molecule has 1 atom stereocenters. The fraction of sp³-hybridized carbons (Fsp3) is 0.462. The summed E-state index contributed by atoms with van der Waals surface area (Å²) in [7, 11) is 2.14. The first-order valence-electron chi connectivity index (χ1n) is 5.61. The van der Waals surface area contributed by atoms with Crippen LogP contribution in [0.3, 0.4) is 0 Å². The van der Waals surface area contributed by atoms with E-state index in [1.54, 1.807) is 0 Å². The van der Waals surface area contributed by atoms with Crippen LogP contribution in [0.5, 0.6) is 0 Å². The summed E-state index contributed by atoms with van der Waals surface area (Å²) in [5.41, 5.74) is 1.35. The average Bonchev–Trinajstić information content (AvgIpc) is 2.61. The Morgan fingerprint density at radius 1 is 1.33 bits per heavy atom. The fourth-order valence-electron chi connectivity index (χ4n) is 1.95. The molecular formula is C13H18N2. The van der Waals surface area contributed by atoms with Crippen molar-refractivity contribution in [2.24, 2.45) is 4.99 Å². The maximum Gasteiger partial charge on any atom is 0.104 e. The van der Waals surface area contributed by atoms with Crippen LogP contribution in [0.2, 0.25) is 0 Å². The zero-order chi connectivity index (χ0) is 10.7. The molecule has 1 aromatic carbocycles. The van der Waals surface area contributed by atoms with Crippen LogP contribution in [0.1, 0.15) is 18.9 Å². The van der Waals surface area contributed by atoms with E-state index in [1.807, 2.05) is 0 Å². The summed E-state index contributed by atoms with van der Waals surface area (Å²) in [6.45, 7) is 3.28. The molecule has 80 valence electrons. The van der Waals surface area contributed by atoms with Gasteiger partial charge in [-0.25, -0.2) is 0 Å². The molecule has 0 spiro atoms. The summed E-state index contributed by atoms with van der Waals surface area (Å²) in [5.74, 6) is 1.23. The first-order valence-corrected chi connectivity index (χ1v) is 5.61. The summed E-state index contributed by atoms with van der Waals surface area (Å²) in [5, 5.41) is 0. The van der Waals surface area contributed by atoms with Gasteiger partial charge >= 0.3 is 0 Å². The summed E-state index contributed by atoms with van der Waals surface area (Å²) >= 11 is 0. The van der Waals surface area contributed by atoms with Crippen molar-refractivity contribution < 1.29 is 0 Å². The second-order valence-corrected chi connectivity index (χ2v) is 4.15. The Morgan fingerprint density at radius 2 is 2.07 bits per heavy atom. The standard InChI is InChI=1S/C13H18N2/c1-3-12-10-15(2)13(14-12)9-11-7-5-4-6-8-11/h4-8,12H,3,9-10H2,1-2H3. The molecule has 0 saturated heterocycles. The molecule has 1 aliphatic heterocycles. The summed E-state index contributed by atoms with van der Waals surface area (Å²) in [6, 6.07) is 11.1. The van der Waals surface area contributed by atoms with Crippen LogP contribution in [-0.4, -0.2) is 30.4 Å². The fourth-order valence-corrected chi connectivity index (χ4v) is 1.95. The molecule has 1 aromatic rings. The minimum Gasteiger partial charge on any atom is -0.361 e. The van der Waals surface area contributed by atoms with E-state index in [9.17, 15) is 0 Å². The molecule has 0 N–H and O–H groups in total. The zero-order valence-corrected chi connectivity index (χ0v) is 9.48. The first kappa shape index (κ1) is 10.2. The van der Waals surface area contributed by atoms with Gasteiger partial charge in [-0.3, -0.25) is 4.99 Å². The van der Waals surface area contributed by atoms with Crippen LogP contribution in [0.15, 0.2) is 35.3 Å². The Morgan fingerprint density at radius 3 is 2.67 bits per heavy atom. The SMILES string of the molecule is CCC1CN(C)C(Cc2ccccc2)=N1. The third-order valence-corrected chi connectivity index (χ3v) is 2.93. The molecule has 0 aromatic heterocycles. The predicted molar refractivity (Wildman–Crippen MR) is 64.3 cm³/mol. The van der Waals surface area contributed by atoms with Gasteiger partial charge in [-0.2, -0.15) is 0 Å². The highest BCUT2D eigenvalue weighted by Crippen LogP contribution is 2.13. The number of likely N-dealkylation sites (N-methyl/N-ethyl adjacent to an activating group) is 1. The van der Waals surface area contributed by atoms with Crippen molar-refractivity contribution in [3.63, 3.8) is 0 Å². The lowest BCUT2D eigenvalue weighted by molar-refractivity contribution is 0.487. The molecule has 0 bridgehead atoms. The molecular weight excluding hydrogens is 184 g/mol. The van der Waals surface area contributed by atoms with Crippen LogP contribution in [0, 0.1) is 0 Å². The van der Waals surface area contributed by atoms with E-state index in [-0.39, 0.29) is 0 Å². The number of rotatable bonds is 3. The van der Waals surface area contributed by atoms with Gasteiger partial charge in [0.1, 0.15) is 5.84 Å². The molecule has 1 heterocycles. The molecule has 0 amide bonds. The highest BCUT2D eigenvalue weighted by atomic mass is 15.2. The lowest BCUT2D eigenvalue weighted by Gasteiger charge is -2.14. The van der Waals surface area contributed by atoms with Crippen LogP contribution in [-0.2, 0) is 6.42 Å². The highest BCUT2D eigenvalue weighted by Gasteiger charge is 2.20. The number of amidine groups is 1. The summed E-state index contributed by atoms with van der Waals surface area (Å²) < 4.78 is 0. The minimum absolute atomic E-state index is 0.508. The molecule has 1 unspecified atom stereocenters. The van der Waals surface area contributed by atoms with Gasteiger partial charge in [-0.1, -0.05) is 37.3 Å². The molecule has 2 heteroatoms. The largest absolute Gasteiger partial charge is 0.361 e. The molecule has 2 nitrogen and oxygen atoms in total. The minimum atomic E-state index is 0.508. The second-order valence-electron chi connectivity index (χ2n) is 4.15. The predicted octanol–water partition coefficient (Wildman–Crippen LogP) is 2.35. The maximum absolute atomic E-state index is 4.73. The molecule has 0 fully saturated rings. The average molecular weight is 202 g/mol. The van der Waals surface area contributed by atoms with Crippen molar-refractivity contribution >= 4 is 5.84 Å². The number of nitrogens with zero attached hydrogens (tertiary/aromatic N) is 2. The van der Waals surface area contributed by atoms with Crippen LogP contribution in [0.4, 0.5) is 0 Å². The van der Waals surface area contributed by atoms with Gasteiger partial charge in [0.2, 0.25) is 0 Å². The summed E-state index contributed by atoms with van der Waals surface area (Å²) in [6.07, 6.45) is 2.11. The van der Waals surface area contributed by atoms with E-state index in [2.05, 4.69) is 49.2 Å². The maximum atomic E-state index is 4.73. The van der Waals surface area contributed by atoms with Gasteiger partial charge in [0.15, 0.2) is 0 Å². The van der Waals surface area contributed by atoms with Gasteiger partial charge in [0, 0.05) is 20.0 Å². The lowest BCUT2D eigenvalue weighted by atomic mass is 10.1. The molecule has 1 aliphatic rings. The normalized spacial score (nSPS) is 20.5. The van der Waals surface area contributed by atoms with E-state index in [0.29, 0.717) is 6.04 Å². The van der Waals surface area contributed by atoms with Gasteiger partial charge in [-0.05, 0) is 12.0 Å². The van der Waals surface area contributed by atoms with Crippen molar-refractivity contribution in [3.8, 4) is 0 Å². The number of benzene rings is 1. The molecule has 0 saturated carbocycles. The Hall–Kier alpha value is -1.31. The van der Waals surface area contributed by atoms with E-state index >= 15 is 0 Å². The molecule has 15 heavy (non-hydrogen) atoms. The lowest BCUT2D eigenvalue weighted by Crippen LogP contribution is -2.25. The van der Waals surface area contributed by atoms with Crippen molar-refractivity contribution in [1.82, 2.24) is 4.90 Å². The van der Waals surface area contributed by atoms with Crippen molar-refractivity contribution in [2.45, 2.75) is 25.8 Å². The molecule has 0 radical (unpaired) electrons. The zero-order valence-electron chi connectivity index (χ0n) is 9.48. The number of aliphatic imine (C=N–C) groups is 1. The molecule has 2 rings (SSSR count). The quantitative estimate of drug-likeness (QED) is 0.734. The monoisotopic (exact) mass is 202 g/mol. The smallest absolute Gasteiger partial charge is 0.104 e. The van der Waals surface area contributed by atoms with E-state index in [1.165, 1.54) is 11.4 Å². The number of hydrogen-bond acceptors (Lipinski definition) is 2. The van der Waals surface area contributed by atoms with Gasteiger partial charge in [0.25, 0.3) is 0 Å². The second kappa shape index (κ2) is 4.47. The van der Waals surface area contributed by atoms with Gasteiger partial charge < -0.3 is 4.90 Å². The van der Waals surface area contributed by atoms with E-state index in [4.69, 9.17) is 4.99 Å². The van der Waals surface area contributed by atoms with Crippen LogP contribution in [0.25, 0.3) is 0 Å². The van der Waals surface area contributed by atoms with Crippen molar-refractivity contribution in [2.75, 3.05) is 13.6 Å². The Kier molecular flexibility index (Phi) is 3.05. The van der Waals surface area contributed by atoms with Crippen molar-refractivity contribution in [3.05, 3.63) is 35.9 Å². The van der Waals surface area contributed by atoms with Crippen LogP contribution < -0.4 is 0 Å². The Balaban J connectivity index is 2.06. The van der Waals surface area contributed by atoms with Gasteiger partial charge in [-0.15, -0.1) is 0 Å². The summed E-state index contributed by atoms with van der Waals surface area (Å²) in [4.78, 5) is 7.00.